The van der Waals surface area contributed by atoms with Gasteiger partial charge in [-0.05, 0) is 50.4 Å². The van der Waals surface area contributed by atoms with Gasteiger partial charge in [0.05, 0.1) is 0 Å². The molecule has 7 atom stereocenters. The first-order valence-electron chi connectivity index (χ1n) is 10.4. The van der Waals surface area contributed by atoms with E-state index in [0.29, 0.717) is 11.8 Å². The predicted molar refractivity (Wildman–Crippen MR) is 97.7 cm³/mol. The van der Waals surface area contributed by atoms with E-state index >= 15 is 0 Å². The van der Waals surface area contributed by atoms with Crippen molar-refractivity contribution in [1.29, 1.82) is 0 Å². The lowest BCUT2D eigenvalue weighted by atomic mass is 9.43. The van der Waals surface area contributed by atoms with E-state index in [1.165, 1.54) is 6.92 Å². The number of carbonyl (C=O) groups excluding carboxylic acids is 2. The number of epoxide rings is 1. The summed E-state index contributed by atoms with van der Waals surface area (Å²) in [4.78, 5) is 23.8. The summed E-state index contributed by atoms with van der Waals surface area (Å²) in [5.74, 6) is 0.501. The number of hydrogen-bond acceptors (Lipinski definition) is 5. The van der Waals surface area contributed by atoms with Crippen LogP contribution < -0.4 is 0 Å². The lowest BCUT2D eigenvalue weighted by Gasteiger charge is -2.61. The molecule has 0 radical (unpaired) electrons. The van der Waals surface area contributed by atoms with Crippen LogP contribution in [0.5, 0.6) is 0 Å². The summed E-state index contributed by atoms with van der Waals surface area (Å²) in [6.07, 6.45) is 4.84. The van der Waals surface area contributed by atoms with E-state index in [-0.39, 0.29) is 46.7 Å². The van der Waals surface area contributed by atoms with Crippen molar-refractivity contribution in [3.63, 3.8) is 0 Å². The van der Waals surface area contributed by atoms with Crippen LogP contribution in [-0.2, 0) is 23.8 Å². The maximum atomic E-state index is 12.1. The van der Waals surface area contributed by atoms with Crippen LogP contribution in [0.2, 0.25) is 0 Å². The molecule has 0 amide bonds. The molecule has 148 valence electrons. The summed E-state index contributed by atoms with van der Waals surface area (Å²) in [7, 11) is 0. The smallest absolute Gasteiger partial charge is 0.334 e. The average Bonchev–Trinajstić information content (AvgIpc) is 3.22. The van der Waals surface area contributed by atoms with Crippen molar-refractivity contribution in [1.82, 2.24) is 0 Å². The fraction of sp³-hybridized carbons (Fsp3) is 0.818. The van der Waals surface area contributed by atoms with Gasteiger partial charge in [0.1, 0.15) is 23.9 Å². The van der Waals surface area contributed by atoms with E-state index in [4.69, 9.17) is 14.2 Å². The molecule has 5 heteroatoms. The Balaban J connectivity index is 1.49. The molecule has 27 heavy (non-hydrogen) atoms. The van der Waals surface area contributed by atoms with Gasteiger partial charge in [0.25, 0.3) is 0 Å². The first kappa shape index (κ1) is 17.7. The summed E-state index contributed by atoms with van der Waals surface area (Å²) in [5, 5.41) is 0. The van der Waals surface area contributed by atoms with Crippen LogP contribution in [0.4, 0.5) is 0 Å². The minimum Gasteiger partial charge on any atom is -0.462 e. The zero-order valence-electron chi connectivity index (χ0n) is 17.0. The van der Waals surface area contributed by atoms with Crippen molar-refractivity contribution in [2.45, 2.75) is 90.6 Å². The lowest BCUT2D eigenvalue weighted by Crippen LogP contribution is -2.61. The Morgan fingerprint density at radius 3 is 2.59 bits per heavy atom. The van der Waals surface area contributed by atoms with Gasteiger partial charge in [-0.15, -0.1) is 0 Å². The molecule has 3 saturated carbocycles. The molecule has 5 nitrogen and oxygen atoms in total. The number of fused-ring (bicyclic) bond motifs is 4. The van der Waals surface area contributed by atoms with Gasteiger partial charge in [0.2, 0.25) is 0 Å². The van der Waals surface area contributed by atoms with Gasteiger partial charge in [0.15, 0.2) is 0 Å². The maximum absolute atomic E-state index is 12.1. The van der Waals surface area contributed by atoms with Crippen molar-refractivity contribution in [2.24, 2.45) is 22.7 Å². The SMILES string of the molecule is CC(=O)OC1CC[C@@]2(C)[C@H]3C[C@H]4OC(=O)C(C)=C4C4O[C@]43CC[C@H]2C1(C)C. The number of carbonyl (C=O) groups is 2. The van der Waals surface area contributed by atoms with E-state index in [1.54, 1.807) is 0 Å². The Bertz CT molecular complexity index is 767. The third-order valence-electron chi connectivity index (χ3n) is 8.78. The van der Waals surface area contributed by atoms with Gasteiger partial charge in [-0.3, -0.25) is 4.79 Å². The monoisotopic (exact) mass is 374 g/mol. The Labute approximate surface area is 160 Å². The molecule has 2 aliphatic heterocycles. The van der Waals surface area contributed by atoms with Crippen molar-refractivity contribution < 1.29 is 23.8 Å². The molecule has 4 fully saturated rings. The summed E-state index contributed by atoms with van der Waals surface area (Å²) in [6.45, 7) is 10.3. The lowest BCUT2D eigenvalue weighted by molar-refractivity contribution is -0.187. The van der Waals surface area contributed by atoms with E-state index < -0.39 is 0 Å². The van der Waals surface area contributed by atoms with Crippen molar-refractivity contribution in [3.05, 3.63) is 11.1 Å². The molecule has 2 unspecified atom stereocenters. The maximum Gasteiger partial charge on any atom is 0.334 e. The predicted octanol–water partition coefficient (Wildman–Crippen LogP) is 3.55. The number of rotatable bonds is 1. The van der Waals surface area contributed by atoms with Gasteiger partial charge in [0, 0.05) is 29.4 Å². The normalized spacial score (nSPS) is 49.4. The third-order valence-corrected chi connectivity index (χ3v) is 8.78. The molecular formula is C22H30O5. The van der Waals surface area contributed by atoms with E-state index in [0.717, 1.165) is 43.3 Å². The van der Waals surface area contributed by atoms with E-state index in [1.807, 2.05) is 6.92 Å². The molecule has 5 aliphatic rings. The summed E-state index contributed by atoms with van der Waals surface area (Å²) < 4.78 is 17.8. The van der Waals surface area contributed by atoms with Crippen molar-refractivity contribution in [2.75, 3.05) is 0 Å². The van der Waals surface area contributed by atoms with Crippen LogP contribution in [0, 0.1) is 22.7 Å². The summed E-state index contributed by atoms with van der Waals surface area (Å²) >= 11 is 0. The molecule has 0 aromatic heterocycles. The third kappa shape index (κ3) is 2.10. The number of ether oxygens (including phenoxy) is 3. The molecule has 0 N–H and O–H groups in total. The molecule has 2 heterocycles. The van der Waals surface area contributed by atoms with Crippen LogP contribution in [0.3, 0.4) is 0 Å². The van der Waals surface area contributed by atoms with Gasteiger partial charge < -0.3 is 14.2 Å². The highest BCUT2D eigenvalue weighted by Gasteiger charge is 2.75. The van der Waals surface area contributed by atoms with Gasteiger partial charge in [-0.2, -0.15) is 0 Å². The highest BCUT2D eigenvalue weighted by atomic mass is 16.6. The van der Waals surface area contributed by atoms with E-state index in [2.05, 4.69) is 20.8 Å². The Morgan fingerprint density at radius 2 is 1.89 bits per heavy atom. The Morgan fingerprint density at radius 1 is 1.15 bits per heavy atom. The zero-order valence-corrected chi connectivity index (χ0v) is 17.0. The second-order valence-corrected chi connectivity index (χ2v) is 10.3. The van der Waals surface area contributed by atoms with Crippen molar-refractivity contribution >= 4 is 11.9 Å². The fourth-order valence-corrected chi connectivity index (χ4v) is 7.53. The van der Waals surface area contributed by atoms with Crippen LogP contribution in [0.15, 0.2) is 11.1 Å². The van der Waals surface area contributed by atoms with Crippen LogP contribution in [0.1, 0.15) is 66.7 Å². The van der Waals surface area contributed by atoms with Crippen molar-refractivity contribution in [3.8, 4) is 0 Å². The van der Waals surface area contributed by atoms with Gasteiger partial charge >= 0.3 is 11.9 Å². The number of hydrogen-bond donors (Lipinski definition) is 0. The highest BCUT2D eigenvalue weighted by molar-refractivity contribution is 5.92. The second-order valence-electron chi connectivity index (χ2n) is 10.3. The first-order valence-corrected chi connectivity index (χ1v) is 10.4. The van der Waals surface area contributed by atoms with Gasteiger partial charge in [-0.25, -0.2) is 4.79 Å². The standard InChI is InChI=1S/C22H30O5/c1-11-17-13(26-19(11)24)10-15-21(5)8-7-16(25-12(2)23)20(3,4)14(21)6-9-22(15)18(17)27-22/h13-16,18H,6-10H2,1-5H3/t13-,14+,15-,16?,18?,21-,22+/m1/s1. The molecule has 0 aromatic carbocycles. The van der Waals surface area contributed by atoms with E-state index in [9.17, 15) is 9.59 Å². The van der Waals surface area contributed by atoms with Crippen LogP contribution >= 0.6 is 0 Å². The molecule has 1 spiro atoms. The molecular weight excluding hydrogens is 344 g/mol. The van der Waals surface area contributed by atoms with Crippen LogP contribution in [-0.4, -0.2) is 35.9 Å². The Hall–Kier alpha value is -1.36. The molecule has 0 bridgehead atoms. The van der Waals surface area contributed by atoms with Crippen LogP contribution in [0.25, 0.3) is 0 Å². The summed E-state index contributed by atoms with van der Waals surface area (Å²) in [5.41, 5.74) is 1.83. The topological polar surface area (TPSA) is 65.1 Å². The minimum absolute atomic E-state index is 0.0244. The first-order chi connectivity index (χ1) is 12.6. The average molecular weight is 374 g/mol. The highest BCUT2D eigenvalue weighted by Crippen LogP contribution is 2.72. The molecule has 3 aliphatic carbocycles. The molecule has 0 aromatic rings. The summed E-state index contributed by atoms with van der Waals surface area (Å²) in [6, 6.07) is 0. The quantitative estimate of drug-likeness (QED) is 0.519. The molecule has 1 saturated heterocycles. The zero-order chi connectivity index (χ0) is 19.4. The second kappa shape index (κ2) is 5.16. The fourth-order valence-electron chi connectivity index (χ4n) is 7.53. The molecule has 5 rings (SSSR count). The largest absolute Gasteiger partial charge is 0.462 e. The minimum atomic E-state index is -0.185. The van der Waals surface area contributed by atoms with Gasteiger partial charge in [-0.1, -0.05) is 20.8 Å². The number of esters is 2. The Kier molecular flexibility index (Phi) is 3.39.